The predicted octanol–water partition coefficient (Wildman–Crippen LogP) is 3.00. The number of amides is 1. The van der Waals surface area contributed by atoms with Crippen molar-refractivity contribution in [1.82, 2.24) is 5.32 Å². The maximum Gasteiger partial charge on any atom is 0.238 e. The van der Waals surface area contributed by atoms with Gasteiger partial charge in [0.1, 0.15) is 11.6 Å². The summed E-state index contributed by atoms with van der Waals surface area (Å²) in [6.45, 7) is 3.30. The second-order valence-corrected chi connectivity index (χ2v) is 5.03. The van der Waals surface area contributed by atoms with Crippen LogP contribution in [0.3, 0.4) is 0 Å². The smallest absolute Gasteiger partial charge is 0.238 e. The lowest BCUT2D eigenvalue weighted by Gasteiger charge is -2.11. The fraction of sp³-hybridized carbons (Fsp3) is 0.278. The average molecular weight is 316 g/mol. The molecule has 0 aliphatic carbocycles. The summed E-state index contributed by atoms with van der Waals surface area (Å²) in [7, 11) is 0. The number of hydrogen-bond donors (Lipinski definition) is 2. The topological polar surface area (TPSA) is 50.4 Å². The number of ether oxygens (including phenoxy) is 1. The second-order valence-electron chi connectivity index (χ2n) is 5.03. The van der Waals surface area contributed by atoms with Gasteiger partial charge in [-0.25, -0.2) is 4.39 Å². The third-order valence-electron chi connectivity index (χ3n) is 3.25. The van der Waals surface area contributed by atoms with Crippen molar-refractivity contribution in [3.8, 4) is 5.75 Å². The zero-order valence-corrected chi connectivity index (χ0v) is 13.1. The van der Waals surface area contributed by atoms with E-state index in [2.05, 4.69) is 10.6 Å². The fourth-order valence-electron chi connectivity index (χ4n) is 2.13. The SMILES string of the molecule is CCOc1ccccc1NC(=O)CNCCc1ccc(F)cc1. The van der Waals surface area contributed by atoms with Gasteiger partial charge in [0.2, 0.25) is 5.91 Å². The molecule has 0 unspecified atom stereocenters. The van der Waals surface area contributed by atoms with Crippen LogP contribution in [0.25, 0.3) is 0 Å². The van der Waals surface area contributed by atoms with Gasteiger partial charge in [0.15, 0.2) is 0 Å². The molecule has 2 N–H and O–H groups in total. The van der Waals surface area contributed by atoms with Gasteiger partial charge in [0.25, 0.3) is 0 Å². The van der Waals surface area contributed by atoms with Crippen molar-refractivity contribution < 1.29 is 13.9 Å². The monoisotopic (exact) mass is 316 g/mol. The molecule has 2 rings (SSSR count). The van der Waals surface area contributed by atoms with Crippen LogP contribution in [-0.4, -0.2) is 25.6 Å². The summed E-state index contributed by atoms with van der Waals surface area (Å²) in [6.07, 6.45) is 0.739. The zero-order valence-electron chi connectivity index (χ0n) is 13.1. The molecule has 23 heavy (non-hydrogen) atoms. The van der Waals surface area contributed by atoms with E-state index < -0.39 is 0 Å². The lowest BCUT2D eigenvalue weighted by atomic mass is 10.1. The lowest BCUT2D eigenvalue weighted by molar-refractivity contribution is -0.115. The minimum Gasteiger partial charge on any atom is -0.492 e. The Balaban J connectivity index is 1.74. The Morgan fingerprint density at radius 3 is 2.61 bits per heavy atom. The number of hydrogen-bond acceptors (Lipinski definition) is 3. The molecular formula is C18H21FN2O2. The Labute approximate surface area is 135 Å². The number of carbonyl (C=O) groups is 1. The van der Waals surface area contributed by atoms with E-state index in [1.54, 1.807) is 18.2 Å². The third-order valence-corrected chi connectivity index (χ3v) is 3.25. The molecule has 0 spiro atoms. The molecule has 0 saturated carbocycles. The number of rotatable bonds is 8. The van der Waals surface area contributed by atoms with Crippen molar-refractivity contribution in [3.05, 3.63) is 59.9 Å². The number of anilines is 1. The van der Waals surface area contributed by atoms with Crippen LogP contribution in [0.2, 0.25) is 0 Å². The highest BCUT2D eigenvalue weighted by Crippen LogP contribution is 2.23. The summed E-state index contributed by atoms with van der Waals surface area (Å²) >= 11 is 0. The van der Waals surface area contributed by atoms with Gasteiger partial charge >= 0.3 is 0 Å². The molecule has 0 atom stereocenters. The van der Waals surface area contributed by atoms with Gasteiger partial charge in [-0.05, 0) is 49.7 Å². The highest BCUT2D eigenvalue weighted by atomic mass is 19.1. The first-order valence-electron chi connectivity index (χ1n) is 7.66. The summed E-state index contributed by atoms with van der Waals surface area (Å²) in [5.41, 5.74) is 1.70. The van der Waals surface area contributed by atoms with Crippen LogP contribution in [-0.2, 0) is 11.2 Å². The van der Waals surface area contributed by atoms with Gasteiger partial charge in [-0.15, -0.1) is 0 Å². The molecule has 2 aromatic carbocycles. The van der Waals surface area contributed by atoms with E-state index in [0.29, 0.717) is 24.6 Å². The van der Waals surface area contributed by atoms with Gasteiger partial charge in [-0.3, -0.25) is 4.79 Å². The molecule has 1 amide bonds. The van der Waals surface area contributed by atoms with Crippen LogP contribution in [0.15, 0.2) is 48.5 Å². The number of nitrogens with one attached hydrogen (secondary N) is 2. The van der Waals surface area contributed by atoms with Crippen LogP contribution in [0.4, 0.5) is 10.1 Å². The first-order valence-corrected chi connectivity index (χ1v) is 7.66. The molecule has 0 fully saturated rings. The van der Waals surface area contributed by atoms with Crippen LogP contribution in [0.1, 0.15) is 12.5 Å². The molecule has 0 saturated heterocycles. The number of halogens is 1. The van der Waals surface area contributed by atoms with Gasteiger partial charge in [0.05, 0.1) is 18.8 Å². The number of carbonyl (C=O) groups excluding carboxylic acids is 1. The molecule has 2 aromatic rings. The normalized spacial score (nSPS) is 10.3. The fourth-order valence-corrected chi connectivity index (χ4v) is 2.13. The number of para-hydroxylation sites is 2. The Morgan fingerprint density at radius 2 is 1.87 bits per heavy atom. The summed E-state index contributed by atoms with van der Waals surface area (Å²) < 4.78 is 18.3. The molecular weight excluding hydrogens is 295 g/mol. The summed E-state index contributed by atoms with van der Waals surface area (Å²) in [4.78, 5) is 11.9. The van der Waals surface area contributed by atoms with Gasteiger partial charge < -0.3 is 15.4 Å². The first kappa shape index (κ1) is 17.0. The Morgan fingerprint density at radius 1 is 1.13 bits per heavy atom. The van der Waals surface area contributed by atoms with E-state index in [1.807, 2.05) is 25.1 Å². The van der Waals surface area contributed by atoms with Crippen molar-refractivity contribution in [2.75, 3.05) is 25.0 Å². The van der Waals surface area contributed by atoms with Crippen molar-refractivity contribution in [1.29, 1.82) is 0 Å². The number of benzene rings is 2. The second kappa shape index (κ2) is 8.90. The van der Waals surface area contributed by atoms with Crippen LogP contribution >= 0.6 is 0 Å². The van der Waals surface area contributed by atoms with Gasteiger partial charge in [-0.2, -0.15) is 0 Å². The maximum atomic E-state index is 12.8. The predicted molar refractivity (Wildman–Crippen MR) is 89.2 cm³/mol. The van der Waals surface area contributed by atoms with E-state index in [-0.39, 0.29) is 18.3 Å². The van der Waals surface area contributed by atoms with Gasteiger partial charge in [-0.1, -0.05) is 24.3 Å². The third kappa shape index (κ3) is 5.71. The van der Waals surface area contributed by atoms with E-state index >= 15 is 0 Å². The molecule has 4 nitrogen and oxygen atoms in total. The Hall–Kier alpha value is -2.40. The van der Waals surface area contributed by atoms with E-state index in [4.69, 9.17) is 4.74 Å². The van der Waals surface area contributed by atoms with Crippen LogP contribution in [0.5, 0.6) is 5.75 Å². The molecule has 0 aliphatic heterocycles. The largest absolute Gasteiger partial charge is 0.492 e. The van der Waals surface area contributed by atoms with Crippen molar-refractivity contribution in [2.24, 2.45) is 0 Å². The summed E-state index contributed by atoms with van der Waals surface area (Å²) in [6, 6.07) is 13.7. The maximum absolute atomic E-state index is 12.8. The zero-order chi connectivity index (χ0) is 16.5. The van der Waals surface area contributed by atoms with E-state index in [0.717, 1.165) is 12.0 Å². The summed E-state index contributed by atoms with van der Waals surface area (Å²) in [5, 5.41) is 5.90. The molecule has 0 radical (unpaired) electrons. The van der Waals surface area contributed by atoms with Crippen molar-refractivity contribution >= 4 is 11.6 Å². The van der Waals surface area contributed by atoms with Gasteiger partial charge in [0, 0.05) is 0 Å². The van der Waals surface area contributed by atoms with E-state index in [1.165, 1.54) is 12.1 Å². The quantitative estimate of drug-likeness (QED) is 0.736. The standard InChI is InChI=1S/C18H21FN2O2/c1-2-23-17-6-4-3-5-16(17)21-18(22)13-20-12-11-14-7-9-15(19)10-8-14/h3-10,20H,2,11-13H2,1H3,(H,21,22). The van der Waals surface area contributed by atoms with E-state index in [9.17, 15) is 9.18 Å². The lowest BCUT2D eigenvalue weighted by Crippen LogP contribution is -2.29. The molecule has 0 heterocycles. The molecule has 0 aromatic heterocycles. The first-order chi connectivity index (χ1) is 11.2. The highest BCUT2D eigenvalue weighted by Gasteiger charge is 2.06. The average Bonchev–Trinajstić information content (AvgIpc) is 2.55. The molecule has 5 heteroatoms. The Bertz CT molecular complexity index is 629. The minimum absolute atomic E-state index is 0.128. The van der Waals surface area contributed by atoms with Crippen LogP contribution < -0.4 is 15.4 Å². The molecule has 122 valence electrons. The van der Waals surface area contributed by atoms with Crippen LogP contribution in [0, 0.1) is 5.82 Å². The molecule has 0 aliphatic rings. The van der Waals surface area contributed by atoms with Crippen molar-refractivity contribution in [3.63, 3.8) is 0 Å². The van der Waals surface area contributed by atoms with Crippen molar-refractivity contribution in [2.45, 2.75) is 13.3 Å². The highest BCUT2D eigenvalue weighted by molar-refractivity contribution is 5.93. The minimum atomic E-state index is -0.242. The Kier molecular flexibility index (Phi) is 6.56. The summed E-state index contributed by atoms with van der Waals surface area (Å²) in [5.74, 6) is 0.292. The molecule has 0 bridgehead atoms.